The fraction of sp³-hybridized carbons (Fsp3) is 1.00. The molecule has 0 aromatic carbocycles. The van der Waals surface area contributed by atoms with Gasteiger partial charge in [-0.2, -0.15) is 0 Å². The third-order valence-electron chi connectivity index (χ3n) is 3.43. The lowest BCUT2D eigenvalue weighted by Crippen LogP contribution is -2.43. The van der Waals surface area contributed by atoms with Crippen molar-refractivity contribution in [3.8, 4) is 0 Å². The van der Waals surface area contributed by atoms with Gasteiger partial charge in [0, 0.05) is 6.04 Å². The molecule has 2 atom stereocenters. The van der Waals surface area contributed by atoms with Gasteiger partial charge in [0.25, 0.3) is 0 Å². The minimum Gasteiger partial charge on any atom is -0.314 e. The van der Waals surface area contributed by atoms with E-state index < -0.39 is 11.1 Å². The molecule has 1 aliphatic carbocycles. The first-order chi connectivity index (χ1) is 7.77. The number of hydrogen-bond donors (Lipinski definition) is 2. The smallest absolute Gasteiger partial charge is 0.170 e. The van der Waals surface area contributed by atoms with E-state index in [1.807, 2.05) is 0 Å². The zero-order chi connectivity index (χ0) is 11.4. The molecule has 2 aliphatic rings. The van der Waals surface area contributed by atoms with Gasteiger partial charge < -0.3 is 9.87 Å². The van der Waals surface area contributed by atoms with Crippen molar-refractivity contribution in [1.82, 2.24) is 10.2 Å². The molecule has 1 saturated heterocycles. The maximum atomic E-state index is 11.3. The van der Waals surface area contributed by atoms with Crippen molar-refractivity contribution in [3.63, 3.8) is 0 Å². The molecule has 1 saturated carbocycles. The topological polar surface area (TPSA) is 52.6 Å². The Balaban J connectivity index is 1.75. The van der Waals surface area contributed by atoms with E-state index in [9.17, 15) is 8.76 Å². The van der Waals surface area contributed by atoms with Gasteiger partial charge in [-0.1, -0.05) is 6.42 Å². The largest absolute Gasteiger partial charge is 0.314 e. The molecular weight excluding hydrogens is 224 g/mol. The summed E-state index contributed by atoms with van der Waals surface area (Å²) in [5, 5.41) is 3.25. The molecule has 0 aromatic heterocycles. The van der Waals surface area contributed by atoms with Crippen molar-refractivity contribution in [3.05, 3.63) is 0 Å². The molecular formula is C11H22N2O2S. The second-order valence-electron chi connectivity index (χ2n) is 4.84. The summed E-state index contributed by atoms with van der Waals surface area (Å²) in [7, 11) is 0. The lowest BCUT2D eigenvalue weighted by Gasteiger charge is -2.32. The van der Waals surface area contributed by atoms with E-state index in [4.69, 9.17) is 0 Å². The maximum absolute atomic E-state index is 11.3. The fourth-order valence-electron chi connectivity index (χ4n) is 2.32. The van der Waals surface area contributed by atoms with Gasteiger partial charge in [-0.05, 0) is 51.7 Å². The third-order valence-corrected chi connectivity index (χ3v) is 4.43. The van der Waals surface area contributed by atoms with Crippen LogP contribution in [0.3, 0.4) is 0 Å². The highest BCUT2D eigenvalue weighted by Crippen LogP contribution is 2.20. The van der Waals surface area contributed by atoms with Crippen molar-refractivity contribution in [2.75, 3.05) is 19.6 Å². The predicted molar refractivity (Wildman–Crippen MR) is 65.6 cm³/mol. The summed E-state index contributed by atoms with van der Waals surface area (Å²) in [4.78, 5) is 2.19. The Bertz CT molecular complexity index is 240. The highest BCUT2D eigenvalue weighted by atomic mass is 32.2. The summed E-state index contributed by atoms with van der Waals surface area (Å²) in [6.07, 6.45) is 6.95. The average molecular weight is 246 g/mol. The second-order valence-corrected chi connectivity index (χ2v) is 5.94. The minimum absolute atomic E-state index is 0.161. The molecule has 1 heterocycles. The number of nitrogens with zero attached hydrogens (tertiary/aromatic N) is 1. The molecule has 5 heteroatoms. The van der Waals surface area contributed by atoms with Crippen LogP contribution in [-0.4, -0.2) is 44.7 Å². The lowest BCUT2D eigenvalue weighted by atomic mass is 10.1. The van der Waals surface area contributed by atoms with Crippen molar-refractivity contribution < 1.29 is 8.76 Å². The Kier molecular flexibility index (Phi) is 4.76. The molecule has 2 fully saturated rings. The average Bonchev–Trinajstić information content (AvgIpc) is 3.09. The van der Waals surface area contributed by atoms with E-state index in [1.54, 1.807) is 0 Å². The van der Waals surface area contributed by atoms with Gasteiger partial charge in [0.05, 0.1) is 0 Å². The van der Waals surface area contributed by atoms with Gasteiger partial charge in [-0.3, -0.25) is 4.90 Å². The van der Waals surface area contributed by atoms with Crippen LogP contribution in [-0.2, 0) is 11.1 Å². The number of likely N-dealkylation sites (tertiary alicyclic amines) is 1. The predicted octanol–water partition coefficient (Wildman–Crippen LogP) is 1.16. The fourth-order valence-corrected chi connectivity index (χ4v) is 3.10. The zero-order valence-corrected chi connectivity index (χ0v) is 10.5. The quantitative estimate of drug-likeness (QED) is 0.691. The summed E-state index contributed by atoms with van der Waals surface area (Å²) >= 11 is -1.71. The Morgan fingerprint density at radius 2 is 2.00 bits per heavy atom. The van der Waals surface area contributed by atoms with Crippen molar-refractivity contribution in [2.24, 2.45) is 0 Å². The molecule has 4 nitrogen and oxygen atoms in total. The molecule has 0 amide bonds. The van der Waals surface area contributed by atoms with E-state index in [0.717, 1.165) is 26.1 Å². The minimum atomic E-state index is -1.71. The number of nitrogens with one attached hydrogen (secondary N) is 1. The molecule has 0 aromatic rings. The summed E-state index contributed by atoms with van der Waals surface area (Å²) in [6, 6.07) is 0.689. The summed E-state index contributed by atoms with van der Waals surface area (Å²) in [6.45, 7) is 2.85. The Morgan fingerprint density at radius 3 is 2.56 bits per heavy atom. The molecule has 2 unspecified atom stereocenters. The van der Waals surface area contributed by atoms with Gasteiger partial charge in [0.15, 0.2) is 11.1 Å². The van der Waals surface area contributed by atoms with Gasteiger partial charge in [-0.15, -0.1) is 0 Å². The van der Waals surface area contributed by atoms with Gasteiger partial charge >= 0.3 is 0 Å². The first kappa shape index (κ1) is 12.5. The SMILES string of the molecule is O=S(O)C(CCNC1CC1)N1CCCCC1. The van der Waals surface area contributed by atoms with Crippen LogP contribution in [0.25, 0.3) is 0 Å². The summed E-state index contributed by atoms with van der Waals surface area (Å²) in [5.74, 6) is 0. The number of hydrogen-bond acceptors (Lipinski definition) is 3. The summed E-state index contributed by atoms with van der Waals surface area (Å²) in [5.41, 5.74) is 0. The second kappa shape index (κ2) is 6.10. The van der Waals surface area contributed by atoms with Crippen LogP contribution in [0.4, 0.5) is 0 Å². The van der Waals surface area contributed by atoms with E-state index >= 15 is 0 Å². The Labute approximate surface area is 100 Å². The van der Waals surface area contributed by atoms with E-state index in [-0.39, 0.29) is 5.37 Å². The summed E-state index contributed by atoms with van der Waals surface area (Å²) < 4.78 is 20.7. The molecule has 1 aliphatic heterocycles. The van der Waals surface area contributed by atoms with Crippen LogP contribution < -0.4 is 5.32 Å². The van der Waals surface area contributed by atoms with Crippen LogP contribution in [0.15, 0.2) is 0 Å². The van der Waals surface area contributed by atoms with Crippen molar-refractivity contribution >= 4 is 11.1 Å². The monoisotopic (exact) mass is 246 g/mol. The molecule has 94 valence electrons. The molecule has 0 radical (unpaired) electrons. The Hall–Kier alpha value is 0.0300. The number of rotatable bonds is 6. The first-order valence-electron chi connectivity index (χ1n) is 6.34. The third kappa shape index (κ3) is 3.80. The number of piperidine rings is 1. The van der Waals surface area contributed by atoms with E-state index in [0.29, 0.717) is 6.04 Å². The standard InChI is InChI=1S/C11H22N2O2S/c14-16(15)11(6-7-12-10-4-5-10)13-8-2-1-3-9-13/h10-12H,1-9H2,(H,14,15). The molecule has 0 bridgehead atoms. The van der Waals surface area contributed by atoms with Gasteiger partial charge in [-0.25, -0.2) is 4.21 Å². The lowest BCUT2D eigenvalue weighted by molar-refractivity contribution is 0.197. The van der Waals surface area contributed by atoms with Crippen LogP contribution >= 0.6 is 0 Å². The maximum Gasteiger partial charge on any atom is 0.170 e. The van der Waals surface area contributed by atoms with E-state index in [1.165, 1.54) is 32.1 Å². The molecule has 2 N–H and O–H groups in total. The molecule has 16 heavy (non-hydrogen) atoms. The van der Waals surface area contributed by atoms with Crippen molar-refractivity contribution in [1.29, 1.82) is 0 Å². The molecule has 2 rings (SSSR count). The van der Waals surface area contributed by atoms with Gasteiger partial charge in [0.1, 0.15) is 5.37 Å². The van der Waals surface area contributed by atoms with Crippen LogP contribution in [0.1, 0.15) is 38.5 Å². The zero-order valence-electron chi connectivity index (χ0n) is 9.73. The molecule has 0 spiro atoms. The van der Waals surface area contributed by atoms with Crippen LogP contribution in [0, 0.1) is 0 Å². The van der Waals surface area contributed by atoms with Gasteiger partial charge in [0.2, 0.25) is 0 Å². The van der Waals surface area contributed by atoms with Crippen LogP contribution in [0.2, 0.25) is 0 Å². The van der Waals surface area contributed by atoms with Crippen LogP contribution in [0.5, 0.6) is 0 Å². The highest BCUT2D eigenvalue weighted by Gasteiger charge is 2.26. The van der Waals surface area contributed by atoms with Crippen molar-refractivity contribution in [2.45, 2.75) is 49.9 Å². The normalized spacial score (nSPS) is 26.6. The highest BCUT2D eigenvalue weighted by molar-refractivity contribution is 7.79. The van der Waals surface area contributed by atoms with E-state index in [2.05, 4.69) is 10.2 Å². The first-order valence-corrected chi connectivity index (χ1v) is 7.51. The Morgan fingerprint density at radius 1 is 1.31 bits per heavy atom.